The van der Waals surface area contributed by atoms with Crippen LogP contribution in [0.5, 0.6) is 0 Å². The number of benzene rings is 2. The second kappa shape index (κ2) is 9.10. The van der Waals surface area contributed by atoms with Crippen LogP contribution in [0.2, 0.25) is 0 Å². The molecule has 5 nitrogen and oxygen atoms in total. The lowest BCUT2D eigenvalue weighted by Crippen LogP contribution is -2.37. The van der Waals surface area contributed by atoms with Gasteiger partial charge in [0.15, 0.2) is 9.84 Å². The fraction of sp³-hybridized carbons (Fsp3) is 0.364. The molecule has 31 heavy (non-hydrogen) atoms. The van der Waals surface area contributed by atoms with Gasteiger partial charge in [0.25, 0.3) is 0 Å². The van der Waals surface area contributed by atoms with Gasteiger partial charge < -0.3 is 0 Å². The molecule has 0 unspecified atom stereocenters. The van der Waals surface area contributed by atoms with E-state index >= 15 is 0 Å². The lowest BCUT2D eigenvalue weighted by atomic mass is 9.85. The van der Waals surface area contributed by atoms with E-state index in [9.17, 15) is 17.2 Å². The molecule has 2 heterocycles. The molecule has 3 aromatic rings. The van der Waals surface area contributed by atoms with E-state index in [0.29, 0.717) is 5.92 Å². The lowest BCUT2D eigenvalue weighted by molar-refractivity contribution is 0.0921. The maximum atomic E-state index is 14.9. The van der Waals surface area contributed by atoms with Crippen molar-refractivity contribution in [2.24, 2.45) is 5.92 Å². The largest absolute Gasteiger partial charge is 0.292 e. The molecule has 9 heteroatoms. The number of likely N-dealkylation sites (tertiary alicyclic amines) is 1. The van der Waals surface area contributed by atoms with Crippen LogP contribution in [0, 0.1) is 17.6 Å². The zero-order chi connectivity index (χ0) is 22.0. The molecule has 0 bridgehead atoms. The molecule has 0 aliphatic carbocycles. The summed E-state index contributed by atoms with van der Waals surface area (Å²) in [5, 5.41) is 0.233. The van der Waals surface area contributed by atoms with Crippen molar-refractivity contribution in [3.05, 3.63) is 76.6 Å². The van der Waals surface area contributed by atoms with Crippen molar-refractivity contribution in [3.63, 3.8) is 0 Å². The van der Waals surface area contributed by atoms with Gasteiger partial charge in [0.1, 0.15) is 33.6 Å². The standard InChI is InChI=1S/C22H23F2N3O2S2/c1-15-6-5-9-27(22(15)16-7-3-2-4-8-16)12-17-10-19(24)20(11-18(17)23)31(28,29)13-21-25-14-26-30-21/h2-4,7-8,10-11,14-15,22H,5-6,9,12-13H2,1H3/t15-,22+/m1/s1. The summed E-state index contributed by atoms with van der Waals surface area (Å²) < 4.78 is 58.6. The van der Waals surface area contributed by atoms with E-state index in [1.807, 2.05) is 18.2 Å². The van der Waals surface area contributed by atoms with E-state index < -0.39 is 32.1 Å². The third-order valence-electron chi connectivity index (χ3n) is 5.71. The van der Waals surface area contributed by atoms with E-state index in [4.69, 9.17) is 0 Å². The summed E-state index contributed by atoms with van der Waals surface area (Å²) in [6.45, 7) is 3.15. The van der Waals surface area contributed by atoms with Crippen molar-refractivity contribution in [3.8, 4) is 0 Å². The molecular weight excluding hydrogens is 440 g/mol. The number of aromatic nitrogens is 2. The first-order chi connectivity index (χ1) is 14.8. The molecule has 0 radical (unpaired) electrons. The first-order valence-electron chi connectivity index (χ1n) is 10.1. The Labute approximate surface area is 184 Å². The summed E-state index contributed by atoms with van der Waals surface area (Å²) in [6.07, 6.45) is 3.27. The quantitative estimate of drug-likeness (QED) is 0.527. The van der Waals surface area contributed by atoms with Gasteiger partial charge in [-0.15, -0.1) is 0 Å². The predicted molar refractivity (Wildman–Crippen MR) is 115 cm³/mol. The summed E-state index contributed by atoms with van der Waals surface area (Å²) in [7, 11) is -4.07. The highest BCUT2D eigenvalue weighted by Crippen LogP contribution is 2.37. The molecule has 1 aliphatic heterocycles. The first-order valence-corrected chi connectivity index (χ1v) is 12.5. The zero-order valence-electron chi connectivity index (χ0n) is 17.0. The van der Waals surface area contributed by atoms with Crippen LogP contribution in [0.3, 0.4) is 0 Å². The van der Waals surface area contributed by atoms with Crippen molar-refractivity contribution in [1.82, 2.24) is 14.3 Å². The number of piperidine rings is 1. The Hall–Kier alpha value is -2.23. The Morgan fingerprint density at radius 2 is 1.94 bits per heavy atom. The molecule has 1 aromatic heterocycles. The van der Waals surface area contributed by atoms with Crippen molar-refractivity contribution >= 4 is 21.4 Å². The molecule has 0 saturated carbocycles. The average molecular weight is 464 g/mol. The molecule has 1 fully saturated rings. The van der Waals surface area contributed by atoms with E-state index in [-0.39, 0.29) is 23.2 Å². The average Bonchev–Trinajstić information content (AvgIpc) is 3.23. The number of halogens is 2. The highest BCUT2D eigenvalue weighted by molar-refractivity contribution is 7.90. The van der Waals surface area contributed by atoms with Crippen LogP contribution in [0.4, 0.5) is 8.78 Å². The number of sulfone groups is 1. The van der Waals surface area contributed by atoms with Crippen LogP contribution in [-0.4, -0.2) is 29.2 Å². The van der Waals surface area contributed by atoms with Crippen LogP contribution in [-0.2, 0) is 22.1 Å². The van der Waals surface area contributed by atoms with Gasteiger partial charge in [0.05, 0.1) is 0 Å². The molecular formula is C22H23F2N3O2S2. The molecule has 2 atom stereocenters. The molecule has 4 rings (SSSR count). The van der Waals surface area contributed by atoms with Gasteiger partial charge in [-0.05, 0) is 54.5 Å². The maximum Gasteiger partial charge on any atom is 0.187 e. The van der Waals surface area contributed by atoms with E-state index in [1.165, 1.54) is 6.33 Å². The summed E-state index contributed by atoms with van der Waals surface area (Å²) in [6, 6.07) is 11.9. The normalized spacial score (nSPS) is 20.1. The Balaban J connectivity index is 1.61. The SMILES string of the molecule is C[C@@H]1CCCN(Cc2cc(F)c(S(=O)(=O)Cc3ncns3)cc2F)[C@@H]1c1ccccc1. The third-order valence-corrected chi connectivity index (χ3v) is 8.19. The maximum absolute atomic E-state index is 14.9. The molecule has 0 amide bonds. The summed E-state index contributed by atoms with van der Waals surface area (Å²) in [4.78, 5) is 5.33. The van der Waals surface area contributed by atoms with Crippen LogP contribution in [0.1, 0.15) is 41.9 Å². The fourth-order valence-corrected chi connectivity index (χ4v) is 6.47. The number of nitrogens with zero attached hydrogens (tertiary/aromatic N) is 3. The number of hydrogen-bond donors (Lipinski definition) is 0. The Morgan fingerprint density at radius 1 is 1.16 bits per heavy atom. The zero-order valence-corrected chi connectivity index (χ0v) is 18.7. The highest BCUT2D eigenvalue weighted by Gasteiger charge is 2.31. The van der Waals surface area contributed by atoms with Gasteiger partial charge in [0.2, 0.25) is 0 Å². The predicted octanol–water partition coefficient (Wildman–Crippen LogP) is 4.76. The minimum atomic E-state index is -4.07. The number of rotatable bonds is 6. The Morgan fingerprint density at radius 3 is 2.65 bits per heavy atom. The van der Waals surface area contributed by atoms with Gasteiger partial charge in [-0.3, -0.25) is 4.90 Å². The van der Waals surface area contributed by atoms with Crippen molar-refractivity contribution in [2.75, 3.05) is 6.54 Å². The van der Waals surface area contributed by atoms with E-state index in [2.05, 4.69) is 33.3 Å². The second-order valence-electron chi connectivity index (χ2n) is 7.91. The first kappa shape index (κ1) is 22.0. The van der Waals surface area contributed by atoms with Crippen LogP contribution in [0.15, 0.2) is 53.7 Å². The van der Waals surface area contributed by atoms with E-state index in [0.717, 1.165) is 48.6 Å². The smallest absolute Gasteiger partial charge is 0.187 e. The van der Waals surface area contributed by atoms with E-state index in [1.54, 1.807) is 0 Å². The molecule has 1 aliphatic rings. The minimum absolute atomic E-state index is 0.0956. The third kappa shape index (κ3) is 4.83. The summed E-state index contributed by atoms with van der Waals surface area (Å²) in [5.41, 5.74) is 1.30. The van der Waals surface area contributed by atoms with Crippen molar-refractivity contribution in [1.29, 1.82) is 0 Å². The van der Waals surface area contributed by atoms with Gasteiger partial charge in [-0.2, -0.15) is 4.37 Å². The number of hydrogen-bond acceptors (Lipinski definition) is 6. The van der Waals surface area contributed by atoms with Gasteiger partial charge in [-0.1, -0.05) is 37.3 Å². The Bertz CT molecular complexity index is 1140. The van der Waals surface area contributed by atoms with Crippen LogP contribution in [0.25, 0.3) is 0 Å². The fourth-order valence-electron chi connectivity index (χ4n) is 4.29. The van der Waals surface area contributed by atoms with Gasteiger partial charge in [0, 0.05) is 18.2 Å². The minimum Gasteiger partial charge on any atom is -0.292 e. The summed E-state index contributed by atoms with van der Waals surface area (Å²) >= 11 is 0.916. The molecule has 2 aromatic carbocycles. The van der Waals surface area contributed by atoms with Gasteiger partial charge in [-0.25, -0.2) is 22.2 Å². The molecule has 1 saturated heterocycles. The molecule has 0 N–H and O–H groups in total. The molecule has 0 spiro atoms. The van der Waals surface area contributed by atoms with Crippen LogP contribution < -0.4 is 0 Å². The van der Waals surface area contributed by atoms with Crippen molar-refractivity contribution < 1.29 is 17.2 Å². The Kier molecular flexibility index (Phi) is 6.45. The monoisotopic (exact) mass is 463 g/mol. The van der Waals surface area contributed by atoms with Crippen molar-refractivity contribution in [2.45, 2.75) is 43.0 Å². The second-order valence-corrected chi connectivity index (χ2v) is 10.7. The molecule has 164 valence electrons. The van der Waals surface area contributed by atoms with Crippen LogP contribution >= 0.6 is 11.5 Å². The topological polar surface area (TPSA) is 63.2 Å². The lowest BCUT2D eigenvalue weighted by Gasteiger charge is -2.40. The summed E-state index contributed by atoms with van der Waals surface area (Å²) in [5.74, 6) is -1.80. The van der Waals surface area contributed by atoms with Gasteiger partial charge >= 0.3 is 0 Å². The highest BCUT2D eigenvalue weighted by atomic mass is 32.2.